The smallest absolute Gasteiger partial charge is 0.256 e. The molecule has 1 heterocycles. The molecule has 0 spiro atoms. The molecule has 1 saturated carbocycles. The average molecular weight is 381 g/mol. The standard InChI is InChI=1S/C22H27N3O3/c1-2-23-21(27)18-14-25(13-16-9-5-3-6-10-16)15-19(20(18)26)22(28)24-17-11-7-4-8-12-17/h3,5-6,9-10,14-15,17H,2,4,7-8,11-13H2,1H3,(H,23,27)(H,24,28). The van der Waals surface area contributed by atoms with Gasteiger partial charge in [-0.15, -0.1) is 0 Å². The van der Waals surface area contributed by atoms with E-state index in [1.165, 1.54) is 12.6 Å². The van der Waals surface area contributed by atoms with E-state index in [0.717, 1.165) is 31.2 Å². The Balaban J connectivity index is 1.93. The van der Waals surface area contributed by atoms with Gasteiger partial charge < -0.3 is 15.2 Å². The van der Waals surface area contributed by atoms with Gasteiger partial charge in [0.2, 0.25) is 5.43 Å². The van der Waals surface area contributed by atoms with Crippen molar-refractivity contribution in [3.63, 3.8) is 0 Å². The van der Waals surface area contributed by atoms with Crippen LogP contribution >= 0.6 is 0 Å². The molecule has 6 nitrogen and oxygen atoms in total. The SMILES string of the molecule is CCNC(=O)c1cn(Cc2ccccc2)cc(C(=O)NC2CCCCC2)c1=O. The van der Waals surface area contributed by atoms with Gasteiger partial charge in [-0.25, -0.2) is 0 Å². The average Bonchev–Trinajstić information content (AvgIpc) is 2.70. The van der Waals surface area contributed by atoms with Crippen LogP contribution in [0.1, 0.15) is 65.3 Å². The first-order chi connectivity index (χ1) is 13.6. The van der Waals surface area contributed by atoms with Crippen LogP contribution in [-0.4, -0.2) is 29.0 Å². The molecule has 0 atom stereocenters. The number of amides is 2. The van der Waals surface area contributed by atoms with Crippen LogP contribution in [-0.2, 0) is 6.54 Å². The number of rotatable bonds is 6. The third-order valence-electron chi connectivity index (χ3n) is 5.05. The lowest BCUT2D eigenvalue weighted by Gasteiger charge is -2.23. The van der Waals surface area contributed by atoms with Gasteiger partial charge in [0.05, 0.1) is 0 Å². The minimum atomic E-state index is -0.524. The highest BCUT2D eigenvalue weighted by atomic mass is 16.2. The lowest BCUT2D eigenvalue weighted by Crippen LogP contribution is -2.40. The van der Waals surface area contributed by atoms with E-state index < -0.39 is 17.2 Å². The third-order valence-corrected chi connectivity index (χ3v) is 5.05. The lowest BCUT2D eigenvalue weighted by molar-refractivity contribution is 0.0925. The van der Waals surface area contributed by atoms with Gasteiger partial charge in [0, 0.05) is 31.5 Å². The minimum Gasteiger partial charge on any atom is -0.352 e. The molecular weight excluding hydrogens is 354 g/mol. The number of hydrogen-bond acceptors (Lipinski definition) is 3. The predicted octanol–water partition coefficient (Wildman–Crippen LogP) is 2.71. The maximum Gasteiger partial charge on any atom is 0.256 e. The highest BCUT2D eigenvalue weighted by Crippen LogP contribution is 2.17. The fraction of sp³-hybridized carbons (Fsp3) is 0.409. The maximum absolute atomic E-state index is 12.8. The highest BCUT2D eigenvalue weighted by molar-refractivity contribution is 5.99. The zero-order valence-electron chi connectivity index (χ0n) is 16.2. The van der Waals surface area contributed by atoms with Crippen LogP contribution in [0.3, 0.4) is 0 Å². The van der Waals surface area contributed by atoms with Gasteiger partial charge in [-0.05, 0) is 25.3 Å². The molecule has 148 valence electrons. The summed E-state index contributed by atoms with van der Waals surface area (Å²) in [4.78, 5) is 38.0. The molecule has 1 aliphatic carbocycles. The van der Waals surface area contributed by atoms with E-state index in [-0.39, 0.29) is 17.2 Å². The van der Waals surface area contributed by atoms with E-state index in [2.05, 4.69) is 10.6 Å². The Labute approximate surface area is 165 Å². The maximum atomic E-state index is 12.8. The number of carbonyl (C=O) groups is 2. The van der Waals surface area contributed by atoms with E-state index in [0.29, 0.717) is 13.1 Å². The van der Waals surface area contributed by atoms with Crippen LogP contribution in [0.2, 0.25) is 0 Å². The normalized spacial score (nSPS) is 14.5. The molecule has 0 radical (unpaired) electrons. The van der Waals surface area contributed by atoms with E-state index in [9.17, 15) is 14.4 Å². The molecule has 2 aromatic rings. The second-order valence-electron chi connectivity index (χ2n) is 7.24. The van der Waals surface area contributed by atoms with Gasteiger partial charge in [0.1, 0.15) is 11.1 Å². The van der Waals surface area contributed by atoms with Crippen molar-refractivity contribution in [2.45, 2.75) is 51.6 Å². The van der Waals surface area contributed by atoms with Crippen molar-refractivity contribution in [1.82, 2.24) is 15.2 Å². The van der Waals surface area contributed by atoms with Gasteiger partial charge in [-0.3, -0.25) is 14.4 Å². The Morgan fingerprint density at radius 2 is 1.64 bits per heavy atom. The Bertz CT molecular complexity index is 884. The van der Waals surface area contributed by atoms with Gasteiger partial charge >= 0.3 is 0 Å². The topological polar surface area (TPSA) is 80.2 Å². The molecule has 2 N–H and O–H groups in total. The summed E-state index contributed by atoms with van der Waals surface area (Å²) in [6.07, 6.45) is 8.29. The van der Waals surface area contributed by atoms with Crippen LogP contribution in [0.4, 0.5) is 0 Å². The summed E-state index contributed by atoms with van der Waals surface area (Å²) >= 11 is 0. The lowest BCUT2D eigenvalue weighted by atomic mass is 9.95. The molecule has 0 unspecified atom stereocenters. The fourth-order valence-corrected chi connectivity index (χ4v) is 3.61. The van der Waals surface area contributed by atoms with E-state index in [1.807, 2.05) is 30.3 Å². The highest BCUT2D eigenvalue weighted by Gasteiger charge is 2.22. The Hall–Kier alpha value is -2.89. The van der Waals surface area contributed by atoms with Crippen LogP contribution in [0, 0.1) is 0 Å². The number of benzene rings is 1. The summed E-state index contributed by atoms with van der Waals surface area (Å²) in [6, 6.07) is 9.81. The fourth-order valence-electron chi connectivity index (χ4n) is 3.61. The molecule has 1 aromatic carbocycles. The largest absolute Gasteiger partial charge is 0.352 e. The second-order valence-corrected chi connectivity index (χ2v) is 7.24. The van der Waals surface area contributed by atoms with E-state index in [1.54, 1.807) is 17.7 Å². The number of nitrogens with zero attached hydrogens (tertiary/aromatic N) is 1. The molecule has 1 aliphatic rings. The van der Waals surface area contributed by atoms with E-state index >= 15 is 0 Å². The van der Waals surface area contributed by atoms with Gasteiger partial charge in [0.15, 0.2) is 0 Å². The number of pyridine rings is 1. The van der Waals surface area contributed by atoms with Gasteiger partial charge in [0.25, 0.3) is 11.8 Å². The summed E-state index contributed by atoms with van der Waals surface area (Å²) < 4.78 is 1.73. The monoisotopic (exact) mass is 381 g/mol. The van der Waals surface area contributed by atoms with Crippen molar-refractivity contribution < 1.29 is 9.59 Å². The predicted molar refractivity (Wildman–Crippen MR) is 109 cm³/mol. The molecule has 1 aromatic heterocycles. The number of carbonyl (C=O) groups excluding carboxylic acids is 2. The number of hydrogen-bond donors (Lipinski definition) is 2. The summed E-state index contributed by atoms with van der Waals surface area (Å²) in [5.41, 5.74) is 0.509. The molecule has 6 heteroatoms. The zero-order chi connectivity index (χ0) is 19.9. The van der Waals surface area contributed by atoms with Crippen LogP contribution in [0.15, 0.2) is 47.5 Å². The third kappa shape index (κ3) is 4.88. The Morgan fingerprint density at radius 3 is 2.29 bits per heavy atom. The molecule has 3 rings (SSSR count). The first-order valence-electron chi connectivity index (χ1n) is 9.95. The van der Waals surface area contributed by atoms with Crippen molar-refractivity contribution in [3.05, 3.63) is 69.6 Å². The molecule has 0 saturated heterocycles. The summed E-state index contributed by atoms with van der Waals surface area (Å²) in [6.45, 7) is 2.67. The zero-order valence-corrected chi connectivity index (χ0v) is 16.2. The number of nitrogens with one attached hydrogen (secondary N) is 2. The van der Waals surface area contributed by atoms with Crippen molar-refractivity contribution >= 4 is 11.8 Å². The van der Waals surface area contributed by atoms with Crippen molar-refractivity contribution in [3.8, 4) is 0 Å². The van der Waals surface area contributed by atoms with E-state index in [4.69, 9.17) is 0 Å². The molecule has 28 heavy (non-hydrogen) atoms. The number of aromatic nitrogens is 1. The Kier molecular flexibility index (Phi) is 6.63. The van der Waals surface area contributed by atoms with Crippen LogP contribution < -0.4 is 16.1 Å². The Morgan fingerprint density at radius 1 is 1.00 bits per heavy atom. The molecule has 1 fully saturated rings. The summed E-state index contributed by atoms with van der Waals surface area (Å²) in [5.74, 6) is -0.855. The van der Waals surface area contributed by atoms with Crippen LogP contribution in [0.5, 0.6) is 0 Å². The molecular formula is C22H27N3O3. The molecule has 2 amide bonds. The summed E-state index contributed by atoms with van der Waals surface area (Å²) in [5, 5.41) is 5.64. The molecule has 0 bridgehead atoms. The second kappa shape index (κ2) is 9.35. The van der Waals surface area contributed by atoms with Crippen LogP contribution in [0.25, 0.3) is 0 Å². The van der Waals surface area contributed by atoms with Crippen molar-refractivity contribution in [2.24, 2.45) is 0 Å². The minimum absolute atomic E-state index is 0.00549. The van der Waals surface area contributed by atoms with Gasteiger partial charge in [-0.1, -0.05) is 49.6 Å². The first kappa shape index (κ1) is 19.9. The van der Waals surface area contributed by atoms with Gasteiger partial charge in [-0.2, -0.15) is 0 Å². The first-order valence-corrected chi connectivity index (χ1v) is 9.95. The van der Waals surface area contributed by atoms with Crippen molar-refractivity contribution in [2.75, 3.05) is 6.54 Å². The van der Waals surface area contributed by atoms with Crippen molar-refractivity contribution in [1.29, 1.82) is 0 Å². The summed E-state index contributed by atoms with van der Waals surface area (Å²) in [7, 11) is 0. The molecule has 0 aliphatic heterocycles. The quantitative estimate of drug-likeness (QED) is 0.807.